The number of likely N-dealkylation sites (tertiary alicyclic amines) is 4. The fourth-order valence-electron chi connectivity index (χ4n) is 12.6. The van der Waals surface area contributed by atoms with Crippen molar-refractivity contribution in [2.75, 3.05) is 160 Å². The van der Waals surface area contributed by atoms with Gasteiger partial charge in [-0.15, -0.1) is 0 Å². The van der Waals surface area contributed by atoms with E-state index in [0.717, 1.165) is 143 Å². The molecule has 4 aromatic carbocycles. The lowest BCUT2D eigenvalue weighted by atomic mass is 9.74. The lowest BCUT2D eigenvalue weighted by molar-refractivity contribution is 0.0109. The summed E-state index contributed by atoms with van der Waals surface area (Å²) in [5.74, 6) is 0. The summed E-state index contributed by atoms with van der Waals surface area (Å²) < 4.78 is 5.45. The van der Waals surface area contributed by atoms with Crippen LogP contribution in [-0.4, -0.2) is 218 Å². The van der Waals surface area contributed by atoms with Crippen LogP contribution in [-0.2, 0) is 30.4 Å². The van der Waals surface area contributed by atoms with Crippen LogP contribution in [0.2, 0.25) is 0 Å². The molecule has 496 valence electrons. The largest absolute Gasteiger partial charge is 0.444 e. The number of rotatable bonds is 22. The molecule has 4 aromatic rings. The van der Waals surface area contributed by atoms with E-state index in [0.29, 0.717) is 31.6 Å². The van der Waals surface area contributed by atoms with Gasteiger partial charge in [-0.1, -0.05) is 121 Å². The Morgan fingerprint density at radius 3 is 1.01 bits per heavy atom. The van der Waals surface area contributed by atoms with Crippen LogP contribution in [0.5, 0.6) is 0 Å². The molecule has 10 N–H and O–H groups in total. The molecule has 89 heavy (non-hydrogen) atoms. The second kappa shape index (κ2) is 37.6. The zero-order chi connectivity index (χ0) is 64.8. The number of ether oxygens (including phenoxy) is 1. The Morgan fingerprint density at radius 1 is 0.427 bits per heavy atom. The summed E-state index contributed by atoms with van der Waals surface area (Å²) in [5.41, 5.74) is 30.1. The van der Waals surface area contributed by atoms with Gasteiger partial charge in [0, 0.05) is 72.0 Å². The number of urea groups is 2. The molecule has 0 radical (unpaired) electrons. The maximum absolute atomic E-state index is 12.3. The highest BCUT2D eigenvalue weighted by molar-refractivity contribution is 5.74. The van der Waals surface area contributed by atoms with Crippen LogP contribution >= 0.6 is 0 Å². The number of carbonyl (C=O) groups excluding carboxylic acids is 3. The van der Waals surface area contributed by atoms with Crippen LogP contribution in [0, 0.1) is 21.7 Å². The zero-order valence-corrected chi connectivity index (χ0v) is 56.5. The Kier molecular flexibility index (Phi) is 31.3. The average molecular weight is 1230 g/mol. The molecule has 4 aliphatic rings. The lowest BCUT2D eigenvalue weighted by Crippen LogP contribution is -2.50. The number of piperidine rings is 4. The zero-order valence-electron chi connectivity index (χ0n) is 56.5. The standard InChI is InChI=1S/C19H32N4O.C18H30N4O.C18H28N2O2.C17H29N3/c1-22(2)12-6-11-21-18(24)23-13-9-19(16-20,10-14-23)15-17-7-4-3-5-8-17;1-21(2)13-10-20-17(23)22-11-8-18(15-19,9-12-22)14-16-6-4-3-5-7-16;1-17(2,3)22-16(21)20-11-9-18(14-19,10-12-20)13-15-7-5-4-6-8-15;1-19(2)12-13-20-10-8-17(15-18,9-11-20)14-16-6-4-3-5-7-16/h3-5,7-8H,6,9-16,20H2,1-2H3,(H,21,24);3-7H,8-15,19H2,1-2H3,(H,20,23);4-8H,9-14,19H2,1-3H3;3-7H,8-15,18H2,1-2H3. The van der Waals surface area contributed by atoms with E-state index in [-0.39, 0.29) is 34.4 Å². The Labute approximate surface area is 537 Å². The number of amides is 5. The molecule has 0 spiro atoms. The maximum Gasteiger partial charge on any atom is 0.410 e. The summed E-state index contributed by atoms with van der Waals surface area (Å²) in [5, 5.41) is 6.02. The monoisotopic (exact) mass is 1230 g/mol. The number of likely N-dealkylation sites (N-methyl/N-ethyl adjacent to an activating group) is 2. The Balaban J connectivity index is 0.000000216. The second-order valence-corrected chi connectivity index (χ2v) is 28.0. The third kappa shape index (κ3) is 26.6. The molecule has 0 aromatic heterocycles. The number of nitrogens with zero attached hydrogens (tertiary/aromatic N) is 7. The Bertz CT molecular complexity index is 2560. The summed E-state index contributed by atoms with van der Waals surface area (Å²) in [7, 11) is 12.4. The van der Waals surface area contributed by atoms with E-state index in [9.17, 15) is 14.4 Å². The van der Waals surface area contributed by atoms with Crippen LogP contribution in [0.1, 0.15) is 101 Å². The van der Waals surface area contributed by atoms with Gasteiger partial charge >= 0.3 is 18.2 Å². The first-order valence-corrected chi connectivity index (χ1v) is 33.2. The van der Waals surface area contributed by atoms with Gasteiger partial charge in [0.15, 0.2) is 0 Å². The molecular formula is C72H119N13O4. The van der Waals surface area contributed by atoms with Crippen molar-refractivity contribution in [1.29, 1.82) is 0 Å². The predicted molar refractivity (Wildman–Crippen MR) is 368 cm³/mol. The smallest absolute Gasteiger partial charge is 0.410 e. The van der Waals surface area contributed by atoms with Gasteiger partial charge in [0.2, 0.25) is 0 Å². The van der Waals surface area contributed by atoms with E-state index in [1.165, 1.54) is 54.7 Å². The van der Waals surface area contributed by atoms with Gasteiger partial charge in [-0.2, -0.15) is 0 Å². The molecule has 0 saturated carbocycles. The van der Waals surface area contributed by atoms with E-state index >= 15 is 0 Å². The van der Waals surface area contributed by atoms with Crippen LogP contribution in [0.15, 0.2) is 121 Å². The highest BCUT2D eigenvalue weighted by Gasteiger charge is 2.39. The SMILES string of the molecule is CC(C)(C)OC(=O)N1CCC(CN)(Cc2ccccc2)CC1.CN(C)CCCNC(=O)N1CCC(CN)(Cc2ccccc2)CC1.CN(C)CCN1CCC(CN)(Cc2ccccc2)CC1.CN(C)CCNC(=O)N1CCC(CN)(Cc2ccccc2)CC1. The van der Waals surface area contributed by atoms with Crippen molar-refractivity contribution in [3.05, 3.63) is 144 Å². The lowest BCUT2D eigenvalue weighted by Gasteiger charge is -2.41. The fourth-order valence-corrected chi connectivity index (χ4v) is 12.6. The molecule has 4 heterocycles. The highest BCUT2D eigenvalue weighted by atomic mass is 16.6. The maximum atomic E-state index is 12.3. The van der Waals surface area contributed by atoms with Crippen molar-refractivity contribution >= 4 is 18.2 Å². The topological polar surface area (TPSA) is 211 Å². The molecule has 0 bridgehead atoms. The first kappa shape index (κ1) is 74.1. The number of hydrogen-bond donors (Lipinski definition) is 6. The second-order valence-electron chi connectivity index (χ2n) is 28.0. The molecule has 4 saturated heterocycles. The van der Waals surface area contributed by atoms with Gasteiger partial charge in [-0.3, -0.25) is 0 Å². The van der Waals surface area contributed by atoms with Crippen LogP contribution in [0.4, 0.5) is 14.4 Å². The average Bonchev–Trinajstić information content (AvgIpc) is 2.23. The molecule has 5 amide bonds. The number of benzene rings is 4. The Hall–Kier alpha value is -5.63. The molecule has 17 heteroatoms. The number of carbonyl (C=O) groups is 3. The summed E-state index contributed by atoms with van der Waals surface area (Å²) >= 11 is 0. The minimum atomic E-state index is -0.441. The van der Waals surface area contributed by atoms with Crippen molar-refractivity contribution in [2.45, 2.75) is 110 Å². The van der Waals surface area contributed by atoms with E-state index in [4.69, 9.17) is 27.7 Å². The quantitative estimate of drug-likeness (QED) is 0.0409. The molecule has 0 aliphatic carbocycles. The van der Waals surface area contributed by atoms with E-state index in [2.05, 4.69) is 147 Å². The Morgan fingerprint density at radius 2 is 0.719 bits per heavy atom. The minimum absolute atomic E-state index is 0.0529. The van der Waals surface area contributed by atoms with Crippen LogP contribution < -0.4 is 33.6 Å². The van der Waals surface area contributed by atoms with Gasteiger partial charge in [-0.05, 0) is 236 Å². The van der Waals surface area contributed by atoms with Gasteiger partial charge in [0.25, 0.3) is 0 Å². The predicted octanol–water partition coefficient (Wildman–Crippen LogP) is 8.51. The molecule has 4 aliphatic heterocycles. The number of hydrogen-bond acceptors (Lipinski definition) is 12. The highest BCUT2D eigenvalue weighted by Crippen LogP contribution is 2.38. The minimum Gasteiger partial charge on any atom is -0.444 e. The van der Waals surface area contributed by atoms with Crippen molar-refractivity contribution in [3.8, 4) is 0 Å². The number of nitrogens with one attached hydrogen (secondary N) is 2. The van der Waals surface area contributed by atoms with Gasteiger partial charge in [0.05, 0.1) is 0 Å². The van der Waals surface area contributed by atoms with Crippen molar-refractivity contribution < 1.29 is 19.1 Å². The molecule has 0 atom stereocenters. The molecule has 17 nitrogen and oxygen atoms in total. The van der Waals surface area contributed by atoms with Gasteiger partial charge < -0.3 is 72.6 Å². The number of nitrogens with two attached hydrogens (primary N) is 4. The van der Waals surface area contributed by atoms with Gasteiger partial charge in [-0.25, -0.2) is 14.4 Å². The van der Waals surface area contributed by atoms with E-state index in [1.54, 1.807) is 0 Å². The third-order valence-corrected chi connectivity index (χ3v) is 18.8. The summed E-state index contributed by atoms with van der Waals surface area (Å²) in [6.07, 6.45) is 13.1. The van der Waals surface area contributed by atoms with Crippen molar-refractivity contribution in [1.82, 2.24) is 44.9 Å². The first-order chi connectivity index (χ1) is 42.6. The summed E-state index contributed by atoms with van der Waals surface area (Å²) in [6, 6.07) is 42.5. The van der Waals surface area contributed by atoms with E-state index in [1.807, 2.05) is 81.9 Å². The first-order valence-electron chi connectivity index (χ1n) is 33.2. The van der Waals surface area contributed by atoms with Crippen LogP contribution in [0.3, 0.4) is 0 Å². The van der Waals surface area contributed by atoms with Crippen molar-refractivity contribution in [3.63, 3.8) is 0 Å². The fraction of sp³-hybridized carbons (Fsp3) is 0.625. The molecule has 4 fully saturated rings. The van der Waals surface area contributed by atoms with Gasteiger partial charge in [0.1, 0.15) is 5.60 Å². The third-order valence-electron chi connectivity index (χ3n) is 18.8. The normalized spacial score (nSPS) is 17.9. The summed E-state index contributed by atoms with van der Waals surface area (Å²) in [4.78, 5) is 51.3. The van der Waals surface area contributed by atoms with E-state index < -0.39 is 5.60 Å². The molecule has 0 unspecified atom stereocenters. The van der Waals surface area contributed by atoms with Crippen molar-refractivity contribution in [2.24, 2.45) is 44.6 Å². The molecule has 8 rings (SSSR count). The summed E-state index contributed by atoms with van der Waals surface area (Å²) in [6.45, 7) is 21.1. The van der Waals surface area contributed by atoms with Crippen LogP contribution in [0.25, 0.3) is 0 Å². The molecular weight excluding hydrogens is 1110 g/mol.